The van der Waals surface area contributed by atoms with E-state index in [2.05, 4.69) is 5.32 Å². The third kappa shape index (κ3) is 3.87. The van der Waals surface area contributed by atoms with Crippen molar-refractivity contribution in [3.8, 4) is 11.5 Å². The van der Waals surface area contributed by atoms with Gasteiger partial charge in [-0.05, 0) is 42.0 Å². The zero-order valence-electron chi connectivity index (χ0n) is 15.0. The molecule has 0 bridgehead atoms. The molecule has 1 heterocycles. The van der Waals surface area contributed by atoms with Crippen molar-refractivity contribution in [2.24, 2.45) is 0 Å². The Morgan fingerprint density at radius 2 is 2.00 bits per heavy atom. The van der Waals surface area contributed by atoms with E-state index >= 15 is 0 Å². The Kier molecular flexibility index (Phi) is 5.32. The number of nitrogens with zero attached hydrogens (tertiary/aromatic N) is 1. The van der Waals surface area contributed by atoms with Gasteiger partial charge < -0.3 is 14.8 Å². The van der Waals surface area contributed by atoms with E-state index in [-0.39, 0.29) is 16.6 Å². The maximum Gasteiger partial charge on any atom is 0.265 e. The highest BCUT2D eigenvalue weighted by atomic mass is 35.5. The molecule has 0 aromatic heterocycles. The molecule has 27 heavy (non-hydrogen) atoms. The molecule has 2 aromatic carbocycles. The van der Waals surface area contributed by atoms with Crippen molar-refractivity contribution in [1.82, 2.24) is 4.31 Å². The highest BCUT2D eigenvalue weighted by Crippen LogP contribution is 2.32. The summed E-state index contributed by atoms with van der Waals surface area (Å²) < 4.78 is 36.8. The molecule has 1 atom stereocenters. The third-order valence-corrected chi connectivity index (χ3v) is 6.25. The van der Waals surface area contributed by atoms with Crippen LogP contribution in [0.5, 0.6) is 11.5 Å². The normalized spacial score (nSPS) is 16.0. The van der Waals surface area contributed by atoms with Gasteiger partial charge in [-0.3, -0.25) is 4.79 Å². The molecule has 0 saturated carbocycles. The number of nitrogens with one attached hydrogen (secondary N) is 1. The minimum absolute atomic E-state index is 0.0322. The number of benzene rings is 2. The second-order valence-corrected chi connectivity index (χ2v) is 8.76. The number of methoxy groups -OCH3 is 1. The van der Waals surface area contributed by atoms with Gasteiger partial charge in [0.25, 0.3) is 5.91 Å². The number of amides is 1. The lowest BCUT2D eigenvalue weighted by molar-refractivity contribution is -0.122. The quantitative estimate of drug-likeness (QED) is 0.818. The summed E-state index contributed by atoms with van der Waals surface area (Å²) in [5, 5.41) is 3.28. The molecule has 2 aromatic rings. The minimum atomic E-state index is -3.73. The fraction of sp³-hybridized carbons (Fsp3) is 0.278. The average molecular weight is 411 g/mol. The number of carbonyl (C=O) groups excluding carboxylic acids is 1. The smallest absolute Gasteiger partial charge is 0.265 e. The zero-order chi connectivity index (χ0) is 19.8. The van der Waals surface area contributed by atoms with Crippen molar-refractivity contribution in [2.75, 3.05) is 26.5 Å². The van der Waals surface area contributed by atoms with Crippen molar-refractivity contribution in [1.29, 1.82) is 0 Å². The Labute approximate surface area is 162 Å². The number of fused-ring (bicyclic) bond motifs is 1. The van der Waals surface area contributed by atoms with Crippen LogP contribution in [0.2, 0.25) is 5.02 Å². The molecule has 0 aliphatic carbocycles. The maximum absolute atomic E-state index is 12.6. The summed E-state index contributed by atoms with van der Waals surface area (Å²) in [7, 11) is 0.502. The number of halogens is 1. The second-order valence-electron chi connectivity index (χ2n) is 6.20. The van der Waals surface area contributed by atoms with Gasteiger partial charge in [0, 0.05) is 31.2 Å². The van der Waals surface area contributed by atoms with Gasteiger partial charge in [0.1, 0.15) is 16.4 Å². The molecule has 1 aliphatic heterocycles. The number of rotatable bonds is 5. The monoisotopic (exact) mass is 410 g/mol. The summed E-state index contributed by atoms with van der Waals surface area (Å²) >= 11 is 5.97. The highest BCUT2D eigenvalue weighted by Gasteiger charge is 2.30. The Balaban J connectivity index is 1.81. The highest BCUT2D eigenvalue weighted by molar-refractivity contribution is 7.89. The molecule has 9 heteroatoms. The number of hydrogen-bond donors (Lipinski definition) is 1. The molecule has 1 amide bonds. The standard InChI is InChI=1S/C18H19ClN2O5S/c1-21(2)27(23,24)17-10-13(5-7-15(17)25-3)20-18(22)16-9-11-8-12(19)4-6-14(11)26-16/h4-8,10,16H,9H2,1-3H3,(H,20,22). The summed E-state index contributed by atoms with van der Waals surface area (Å²) in [5.41, 5.74) is 1.19. The van der Waals surface area contributed by atoms with Crippen LogP contribution in [-0.4, -0.2) is 45.9 Å². The van der Waals surface area contributed by atoms with Crippen molar-refractivity contribution in [2.45, 2.75) is 17.4 Å². The Morgan fingerprint density at radius 1 is 1.26 bits per heavy atom. The van der Waals surface area contributed by atoms with E-state index in [1.807, 2.05) is 0 Å². The molecule has 7 nitrogen and oxygen atoms in total. The summed E-state index contributed by atoms with van der Waals surface area (Å²) in [6.45, 7) is 0. The van der Waals surface area contributed by atoms with Gasteiger partial charge in [-0.15, -0.1) is 0 Å². The van der Waals surface area contributed by atoms with Crippen molar-refractivity contribution < 1.29 is 22.7 Å². The van der Waals surface area contributed by atoms with E-state index in [9.17, 15) is 13.2 Å². The Hall–Kier alpha value is -2.29. The average Bonchev–Trinajstić information content (AvgIpc) is 3.04. The second kappa shape index (κ2) is 7.38. The van der Waals surface area contributed by atoms with Gasteiger partial charge >= 0.3 is 0 Å². The first-order chi connectivity index (χ1) is 12.7. The summed E-state index contributed by atoms with van der Waals surface area (Å²) in [5.74, 6) is 0.437. The first-order valence-corrected chi connectivity index (χ1v) is 9.90. The molecule has 0 saturated heterocycles. The van der Waals surface area contributed by atoms with Crippen molar-refractivity contribution in [3.05, 3.63) is 47.0 Å². The maximum atomic E-state index is 12.6. The SMILES string of the molecule is COc1ccc(NC(=O)C2Cc3cc(Cl)ccc3O2)cc1S(=O)(=O)N(C)C. The van der Waals surface area contributed by atoms with Crippen LogP contribution in [0.1, 0.15) is 5.56 Å². The lowest BCUT2D eigenvalue weighted by Gasteiger charge is -2.16. The first-order valence-electron chi connectivity index (χ1n) is 8.09. The summed E-state index contributed by atoms with van der Waals surface area (Å²) in [6.07, 6.45) is -0.324. The van der Waals surface area contributed by atoms with Gasteiger partial charge in [-0.1, -0.05) is 11.6 Å². The first kappa shape index (κ1) is 19.5. The van der Waals surface area contributed by atoms with Crippen molar-refractivity contribution >= 4 is 33.2 Å². The van der Waals surface area contributed by atoms with Gasteiger partial charge in [0.2, 0.25) is 10.0 Å². The molecule has 1 unspecified atom stereocenters. The summed E-state index contributed by atoms with van der Waals surface area (Å²) in [6, 6.07) is 9.62. The van der Waals surface area contributed by atoms with E-state index < -0.39 is 16.1 Å². The third-order valence-electron chi connectivity index (χ3n) is 4.18. The topological polar surface area (TPSA) is 84.9 Å². The van der Waals surface area contributed by atoms with E-state index in [0.29, 0.717) is 22.9 Å². The van der Waals surface area contributed by atoms with Gasteiger partial charge in [0.15, 0.2) is 6.10 Å². The Morgan fingerprint density at radius 3 is 2.67 bits per heavy atom. The van der Waals surface area contributed by atoms with E-state index in [1.165, 1.54) is 33.3 Å². The summed E-state index contributed by atoms with van der Waals surface area (Å²) in [4.78, 5) is 12.5. The van der Waals surface area contributed by atoms with Crippen LogP contribution >= 0.6 is 11.6 Å². The number of carbonyl (C=O) groups is 1. The molecule has 1 N–H and O–H groups in total. The van der Waals surface area contributed by atoms with Gasteiger partial charge in [-0.25, -0.2) is 12.7 Å². The molecular weight excluding hydrogens is 392 g/mol. The van der Waals surface area contributed by atoms with Gasteiger partial charge in [-0.2, -0.15) is 0 Å². The largest absolute Gasteiger partial charge is 0.495 e. The molecular formula is C18H19ClN2O5S. The molecule has 0 fully saturated rings. The molecule has 0 spiro atoms. The number of anilines is 1. The van der Waals surface area contributed by atoms with Crippen LogP contribution in [0.25, 0.3) is 0 Å². The van der Waals surface area contributed by atoms with Crippen LogP contribution in [0, 0.1) is 0 Å². The lowest BCUT2D eigenvalue weighted by Crippen LogP contribution is -2.31. The molecule has 3 rings (SSSR count). The lowest BCUT2D eigenvalue weighted by atomic mass is 10.1. The fourth-order valence-electron chi connectivity index (χ4n) is 2.74. The molecule has 1 aliphatic rings. The van der Waals surface area contributed by atoms with Crippen LogP contribution in [0.4, 0.5) is 5.69 Å². The predicted octanol–water partition coefficient (Wildman–Crippen LogP) is 2.54. The van der Waals surface area contributed by atoms with Crippen LogP contribution in [0.3, 0.4) is 0 Å². The fourth-order valence-corrected chi connectivity index (χ4v) is 4.01. The minimum Gasteiger partial charge on any atom is -0.495 e. The zero-order valence-corrected chi connectivity index (χ0v) is 16.6. The number of ether oxygens (including phenoxy) is 2. The van der Waals surface area contributed by atoms with E-state index in [1.54, 1.807) is 24.3 Å². The van der Waals surface area contributed by atoms with E-state index in [0.717, 1.165) is 9.87 Å². The van der Waals surface area contributed by atoms with Crippen molar-refractivity contribution in [3.63, 3.8) is 0 Å². The molecule has 144 valence electrons. The van der Waals surface area contributed by atoms with Crippen LogP contribution < -0.4 is 14.8 Å². The predicted molar refractivity (Wildman–Crippen MR) is 102 cm³/mol. The number of sulfonamides is 1. The number of hydrogen-bond acceptors (Lipinski definition) is 5. The van der Waals surface area contributed by atoms with Crippen LogP contribution in [0.15, 0.2) is 41.3 Å². The van der Waals surface area contributed by atoms with E-state index in [4.69, 9.17) is 21.1 Å². The molecule has 0 radical (unpaired) electrons. The van der Waals surface area contributed by atoms with Crippen LogP contribution in [-0.2, 0) is 21.2 Å². The Bertz CT molecular complexity index is 991. The van der Waals surface area contributed by atoms with Gasteiger partial charge in [0.05, 0.1) is 7.11 Å².